The van der Waals surface area contributed by atoms with Gasteiger partial charge in [0.25, 0.3) is 0 Å². The lowest BCUT2D eigenvalue weighted by atomic mass is 10.0. The third-order valence-electron chi connectivity index (χ3n) is 3.51. The Morgan fingerprint density at radius 1 is 1.26 bits per heavy atom. The molecule has 124 valence electrons. The third-order valence-corrected chi connectivity index (χ3v) is 3.51. The molecule has 0 saturated heterocycles. The number of carbonyl (C=O) groups excluding carboxylic acids is 1. The number of hydrogen-bond donors (Lipinski definition) is 1. The third kappa shape index (κ3) is 5.81. The minimum Gasteiger partial charge on any atom is -0.354 e. The Labute approximate surface area is 136 Å². The fourth-order valence-corrected chi connectivity index (χ4v) is 2.18. The summed E-state index contributed by atoms with van der Waals surface area (Å²) in [6, 6.07) is 5.70. The molecule has 2 rings (SSSR count). The maximum atomic E-state index is 11.9. The van der Waals surface area contributed by atoms with Gasteiger partial charge in [0.2, 0.25) is 17.6 Å². The van der Waals surface area contributed by atoms with Gasteiger partial charge in [0, 0.05) is 25.1 Å². The van der Waals surface area contributed by atoms with Crippen LogP contribution in [0.3, 0.4) is 0 Å². The minimum absolute atomic E-state index is 0.0128. The van der Waals surface area contributed by atoms with Crippen molar-refractivity contribution in [2.75, 3.05) is 0 Å². The second-order valence-corrected chi connectivity index (χ2v) is 6.17. The van der Waals surface area contributed by atoms with Crippen molar-refractivity contribution >= 4 is 5.91 Å². The number of hydrogen-bond acceptors (Lipinski definition) is 5. The molecule has 2 aromatic heterocycles. The summed E-state index contributed by atoms with van der Waals surface area (Å²) >= 11 is 0. The van der Waals surface area contributed by atoms with Crippen LogP contribution in [-0.4, -0.2) is 27.1 Å². The zero-order chi connectivity index (χ0) is 16.7. The molecule has 0 fully saturated rings. The standard InChI is InChI=1S/C17H24N4O2/c1-12(2)7-8-13(3)19-15(22)9-10-16-20-17(21-23-16)14-6-4-5-11-18-14/h4-6,11-13H,7-10H2,1-3H3,(H,19,22)/t13-/m1/s1. The highest BCUT2D eigenvalue weighted by Gasteiger charge is 2.12. The number of rotatable bonds is 8. The number of nitrogens with zero attached hydrogens (tertiary/aromatic N) is 3. The number of nitrogens with one attached hydrogen (secondary N) is 1. The smallest absolute Gasteiger partial charge is 0.227 e. The van der Waals surface area contributed by atoms with Crippen LogP contribution in [0.25, 0.3) is 11.5 Å². The lowest BCUT2D eigenvalue weighted by molar-refractivity contribution is -0.121. The number of pyridine rings is 1. The molecule has 1 N–H and O–H groups in total. The summed E-state index contributed by atoms with van der Waals surface area (Å²) < 4.78 is 5.17. The number of aryl methyl sites for hydroxylation is 1. The molecule has 6 nitrogen and oxygen atoms in total. The summed E-state index contributed by atoms with van der Waals surface area (Å²) in [6.07, 6.45) is 4.56. The van der Waals surface area contributed by atoms with Crippen molar-refractivity contribution in [2.24, 2.45) is 5.92 Å². The molecule has 1 amide bonds. The Morgan fingerprint density at radius 3 is 2.78 bits per heavy atom. The summed E-state index contributed by atoms with van der Waals surface area (Å²) in [5, 5.41) is 6.90. The molecule has 0 aliphatic carbocycles. The molecule has 2 aromatic rings. The van der Waals surface area contributed by atoms with E-state index in [9.17, 15) is 4.79 Å². The van der Waals surface area contributed by atoms with Gasteiger partial charge in [-0.3, -0.25) is 9.78 Å². The fraction of sp³-hybridized carbons (Fsp3) is 0.529. The average molecular weight is 316 g/mol. The highest BCUT2D eigenvalue weighted by Crippen LogP contribution is 2.13. The fourth-order valence-electron chi connectivity index (χ4n) is 2.18. The average Bonchev–Trinajstić information content (AvgIpc) is 3.01. The molecule has 0 saturated carbocycles. The lowest BCUT2D eigenvalue weighted by Crippen LogP contribution is -2.32. The van der Waals surface area contributed by atoms with Gasteiger partial charge in [0.15, 0.2) is 0 Å². The van der Waals surface area contributed by atoms with Crippen molar-refractivity contribution in [2.45, 2.75) is 52.5 Å². The topological polar surface area (TPSA) is 80.9 Å². The summed E-state index contributed by atoms with van der Waals surface area (Å²) in [6.45, 7) is 6.40. The Balaban J connectivity index is 1.78. The summed E-state index contributed by atoms with van der Waals surface area (Å²) in [5.41, 5.74) is 0.661. The SMILES string of the molecule is CC(C)CC[C@@H](C)NC(=O)CCc1nc(-c2ccccn2)no1. The number of carbonyl (C=O) groups is 1. The van der Waals surface area contributed by atoms with E-state index >= 15 is 0 Å². The van der Waals surface area contributed by atoms with Crippen LogP contribution in [0.15, 0.2) is 28.9 Å². The highest BCUT2D eigenvalue weighted by molar-refractivity contribution is 5.76. The van der Waals surface area contributed by atoms with E-state index < -0.39 is 0 Å². The highest BCUT2D eigenvalue weighted by atomic mass is 16.5. The van der Waals surface area contributed by atoms with Gasteiger partial charge in [-0.1, -0.05) is 25.1 Å². The predicted octanol–water partition coefficient (Wildman–Crippen LogP) is 3.01. The van der Waals surface area contributed by atoms with Crippen LogP contribution in [0.2, 0.25) is 0 Å². The molecule has 0 bridgehead atoms. The first kappa shape index (κ1) is 17.1. The second-order valence-electron chi connectivity index (χ2n) is 6.17. The molecular weight excluding hydrogens is 292 g/mol. The van der Waals surface area contributed by atoms with Gasteiger partial charge in [0.05, 0.1) is 0 Å². The van der Waals surface area contributed by atoms with E-state index in [2.05, 4.69) is 34.3 Å². The monoisotopic (exact) mass is 316 g/mol. The molecule has 0 unspecified atom stereocenters. The van der Waals surface area contributed by atoms with E-state index in [0.717, 1.165) is 12.8 Å². The van der Waals surface area contributed by atoms with Crippen LogP contribution in [0, 0.1) is 5.92 Å². The maximum Gasteiger partial charge on any atom is 0.227 e. The molecule has 23 heavy (non-hydrogen) atoms. The molecule has 0 aromatic carbocycles. The molecule has 0 aliphatic heterocycles. The van der Waals surface area contributed by atoms with E-state index in [4.69, 9.17) is 4.52 Å². The van der Waals surface area contributed by atoms with Crippen LogP contribution in [0.4, 0.5) is 0 Å². The van der Waals surface area contributed by atoms with Gasteiger partial charge in [-0.25, -0.2) is 0 Å². The first-order valence-corrected chi connectivity index (χ1v) is 8.08. The van der Waals surface area contributed by atoms with Crippen molar-refractivity contribution in [1.82, 2.24) is 20.4 Å². The second kappa shape index (κ2) is 8.41. The van der Waals surface area contributed by atoms with Crippen molar-refractivity contribution in [3.63, 3.8) is 0 Å². The quantitative estimate of drug-likeness (QED) is 0.809. The summed E-state index contributed by atoms with van der Waals surface area (Å²) in [4.78, 5) is 20.4. The van der Waals surface area contributed by atoms with Crippen molar-refractivity contribution in [1.29, 1.82) is 0 Å². The number of aromatic nitrogens is 3. The Morgan fingerprint density at radius 2 is 2.09 bits per heavy atom. The molecule has 0 aliphatic rings. The van der Waals surface area contributed by atoms with Crippen molar-refractivity contribution < 1.29 is 9.32 Å². The molecule has 6 heteroatoms. The number of amides is 1. The zero-order valence-corrected chi connectivity index (χ0v) is 14.0. The van der Waals surface area contributed by atoms with Crippen molar-refractivity contribution in [3.8, 4) is 11.5 Å². The minimum atomic E-state index is 0.0128. The van der Waals surface area contributed by atoms with Gasteiger partial charge < -0.3 is 9.84 Å². The molecule has 2 heterocycles. The van der Waals surface area contributed by atoms with Gasteiger partial charge in [0.1, 0.15) is 5.69 Å². The first-order chi connectivity index (χ1) is 11.0. The maximum absolute atomic E-state index is 11.9. The van der Waals surface area contributed by atoms with E-state index in [-0.39, 0.29) is 11.9 Å². The van der Waals surface area contributed by atoms with Gasteiger partial charge in [-0.15, -0.1) is 0 Å². The summed E-state index contributed by atoms with van der Waals surface area (Å²) in [5.74, 6) is 1.57. The Hall–Kier alpha value is -2.24. The van der Waals surface area contributed by atoms with Gasteiger partial charge in [-0.2, -0.15) is 4.98 Å². The van der Waals surface area contributed by atoms with Gasteiger partial charge in [-0.05, 0) is 37.8 Å². The lowest BCUT2D eigenvalue weighted by Gasteiger charge is -2.14. The molecule has 0 spiro atoms. The van der Waals surface area contributed by atoms with E-state index in [0.29, 0.717) is 36.2 Å². The van der Waals surface area contributed by atoms with E-state index in [1.807, 2.05) is 25.1 Å². The van der Waals surface area contributed by atoms with Crippen LogP contribution >= 0.6 is 0 Å². The van der Waals surface area contributed by atoms with Crippen molar-refractivity contribution in [3.05, 3.63) is 30.3 Å². The first-order valence-electron chi connectivity index (χ1n) is 8.08. The van der Waals surface area contributed by atoms with E-state index in [1.165, 1.54) is 0 Å². The normalized spacial score (nSPS) is 12.3. The van der Waals surface area contributed by atoms with Crippen LogP contribution in [0.1, 0.15) is 45.9 Å². The van der Waals surface area contributed by atoms with Crippen LogP contribution < -0.4 is 5.32 Å². The molecule has 0 radical (unpaired) electrons. The van der Waals surface area contributed by atoms with E-state index in [1.54, 1.807) is 6.20 Å². The Kier molecular flexibility index (Phi) is 6.26. The molecular formula is C17H24N4O2. The van der Waals surface area contributed by atoms with Crippen LogP contribution in [0.5, 0.6) is 0 Å². The van der Waals surface area contributed by atoms with Crippen LogP contribution in [-0.2, 0) is 11.2 Å². The van der Waals surface area contributed by atoms with Gasteiger partial charge >= 0.3 is 0 Å². The predicted molar refractivity (Wildman–Crippen MR) is 87.5 cm³/mol. The molecule has 1 atom stereocenters. The largest absolute Gasteiger partial charge is 0.354 e. The Bertz CT molecular complexity index is 610. The summed E-state index contributed by atoms with van der Waals surface area (Å²) in [7, 11) is 0. The zero-order valence-electron chi connectivity index (χ0n) is 14.0.